The van der Waals surface area contributed by atoms with Gasteiger partial charge < -0.3 is 5.11 Å². The minimum atomic E-state index is -0.725. The molecule has 0 aliphatic heterocycles. The number of allylic oxidation sites excluding steroid dienone is 1. The number of para-hydroxylation sites is 1. The number of carbonyl (C=O) groups excluding carboxylic acids is 1. The van der Waals surface area contributed by atoms with E-state index in [0.29, 0.717) is 0 Å². The van der Waals surface area contributed by atoms with Gasteiger partial charge in [-0.3, -0.25) is 14.9 Å². The van der Waals surface area contributed by atoms with Crippen molar-refractivity contribution in [3.63, 3.8) is 0 Å². The Balaban J connectivity index is 2.32. The van der Waals surface area contributed by atoms with Crippen LogP contribution in [0.25, 0.3) is 6.08 Å². The predicted octanol–water partition coefficient (Wildman–Crippen LogP) is 3.50. The monoisotopic (exact) mass is 283 g/mol. The topological polar surface area (TPSA) is 80.4 Å². The van der Waals surface area contributed by atoms with Crippen LogP contribution >= 0.6 is 0 Å². The van der Waals surface area contributed by atoms with E-state index in [-0.39, 0.29) is 5.56 Å². The van der Waals surface area contributed by atoms with Crippen molar-refractivity contribution in [2.45, 2.75) is 6.92 Å². The Labute approximate surface area is 121 Å². The Kier molecular flexibility index (Phi) is 4.13. The van der Waals surface area contributed by atoms with E-state index in [2.05, 4.69) is 0 Å². The van der Waals surface area contributed by atoms with Crippen molar-refractivity contribution in [1.82, 2.24) is 0 Å². The Hall–Kier alpha value is -2.95. The van der Waals surface area contributed by atoms with Crippen LogP contribution in [0, 0.1) is 17.0 Å². The number of hydrogen-bond acceptors (Lipinski definition) is 4. The van der Waals surface area contributed by atoms with Crippen LogP contribution in [0.2, 0.25) is 0 Å². The second-order valence-electron chi connectivity index (χ2n) is 4.48. The average Bonchev–Trinajstić information content (AvgIpc) is 2.46. The van der Waals surface area contributed by atoms with Crippen molar-refractivity contribution < 1.29 is 14.8 Å². The first-order chi connectivity index (χ1) is 10.0. The van der Waals surface area contributed by atoms with Gasteiger partial charge in [-0.25, -0.2) is 0 Å². The second-order valence-corrected chi connectivity index (χ2v) is 4.48. The summed E-state index contributed by atoms with van der Waals surface area (Å²) in [6, 6.07) is 11.4. The maximum absolute atomic E-state index is 12.1. The number of aromatic hydroxyl groups is 1. The van der Waals surface area contributed by atoms with Crippen LogP contribution in [0.1, 0.15) is 21.5 Å². The largest absolute Gasteiger partial charge is 0.502 e. The van der Waals surface area contributed by atoms with Gasteiger partial charge in [0.25, 0.3) is 0 Å². The lowest BCUT2D eigenvalue weighted by atomic mass is 10.0. The second kappa shape index (κ2) is 6.00. The normalized spacial score (nSPS) is 10.7. The first kappa shape index (κ1) is 14.5. The Morgan fingerprint density at radius 2 is 1.90 bits per heavy atom. The van der Waals surface area contributed by atoms with Gasteiger partial charge in [0.05, 0.1) is 10.5 Å². The summed E-state index contributed by atoms with van der Waals surface area (Å²) in [6.45, 7) is 1.91. The third-order valence-corrected chi connectivity index (χ3v) is 3.08. The fraction of sp³-hybridized carbons (Fsp3) is 0.0625. The highest BCUT2D eigenvalue weighted by molar-refractivity contribution is 6.09. The number of phenols is 1. The SMILES string of the molecule is Cc1ccccc1/C=C/C(=O)c1cccc([N+](=O)[O-])c1O. The summed E-state index contributed by atoms with van der Waals surface area (Å²) in [6.07, 6.45) is 2.91. The lowest BCUT2D eigenvalue weighted by Gasteiger charge is -2.02. The summed E-state index contributed by atoms with van der Waals surface area (Å²) >= 11 is 0. The smallest absolute Gasteiger partial charge is 0.311 e. The summed E-state index contributed by atoms with van der Waals surface area (Å²) in [7, 11) is 0. The molecule has 0 saturated carbocycles. The first-order valence-corrected chi connectivity index (χ1v) is 6.25. The number of benzene rings is 2. The Morgan fingerprint density at radius 3 is 2.57 bits per heavy atom. The highest BCUT2D eigenvalue weighted by Gasteiger charge is 2.19. The summed E-state index contributed by atoms with van der Waals surface area (Å²) < 4.78 is 0. The summed E-state index contributed by atoms with van der Waals surface area (Å²) in [5, 5.41) is 20.5. The maximum Gasteiger partial charge on any atom is 0.311 e. The molecule has 2 aromatic carbocycles. The molecule has 1 N–H and O–H groups in total. The molecular weight excluding hydrogens is 270 g/mol. The zero-order chi connectivity index (χ0) is 15.4. The quantitative estimate of drug-likeness (QED) is 0.403. The van der Waals surface area contributed by atoms with Gasteiger partial charge in [-0.05, 0) is 30.2 Å². The minimum Gasteiger partial charge on any atom is -0.502 e. The molecule has 106 valence electrons. The molecule has 0 saturated heterocycles. The summed E-state index contributed by atoms with van der Waals surface area (Å²) in [5.74, 6) is -1.10. The Morgan fingerprint density at radius 1 is 1.19 bits per heavy atom. The van der Waals surface area contributed by atoms with Gasteiger partial charge in [-0.2, -0.15) is 0 Å². The molecule has 21 heavy (non-hydrogen) atoms. The molecule has 0 atom stereocenters. The first-order valence-electron chi connectivity index (χ1n) is 6.25. The van der Waals surface area contributed by atoms with Crippen LogP contribution in [0.4, 0.5) is 5.69 Å². The standard InChI is InChI=1S/C16H13NO4/c1-11-5-2-3-6-12(11)9-10-15(18)13-7-4-8-14(16(13)19)17(20)21/h2-10,19H,1H3/b10-9+. The molecule has 0 spiro atoms. The molecule has 0 bridgehead atoms. The summed E-state index contributed by atoms with van der Waals surface area (Å²) in [4.78, 5) is 22.1. The molecule has 0 aromatic heterocycles. The van der Waals surface area contributed by atoms with Crippen molar-refractivity contribution >= 4 is 17.5 Å². The molecular formula is C16H13NO4. The highest BCUT2D eigenvalue weighted by atomic mass is 16.6. The number of aryl methyl sites for hydroxylation is 1. The van der Waals surface area contributed by atoms with Gasteiger partial charge in [0.15, 0.2) is 5.78 Å². The number of phenolic OH excluding ortho intramolecular Hbond substituents is 1. The number of nitrogens with zero attached hydrogens (tertiary/aromatic N) is 1. The van der Waals surface area contributed by atoms with Gasteiger partial charge in [0, 0.05) is 6.07 Å². The summed E-state index contributed by atoms with van der Waals surface area (Å²) in [5.41, 5.74) is 1.31. The molecule has 0 aliphatic rings. The van der Waals surface area contributed by atoms with Gasteiger partial charge in [0.1, 0.15) is 0 Å². The van der Waals surface area contributed by atoms with E-state index in [1.165, 1.54) is 18.2 Å². The zero-order valence-electron chi connectivity index (χ0n) is 11.3. The van der Waals surface area contributed by atoms with Crippen molar-refractivity contribution in [3.05, 3.63) is 75.3 Å². The van der Waals surface area contributed by atoms with E-state index in [9.17, 15) is 20.0 Å². The third kappa shape index (κ3) is 3.14. The van der Waals surface area contributed by atoms with Crippen LogP contribution in [-0.2, 0) is 0 Å². The number of ketones is 1. The van der Waals surface area contributed by atoms with E-state index in [0.717, 1.165) is 17.2 Å². The van der Waals surface area contributed by atoms with Gasteiger partial charge in [-0.15, -0.1) is 0 Å². The number of hydrogen-bond donors (Lipinski definition) is 1. The van der Waals surface area contributed by atoms with Gasteiger partial charge >= 0.3 is 5.69 Å². The Bertz CT molecular complexity index is 735. The van der Waals surface area contributed by atoms with Crippen LogP contribution < -0.4 is 0 Å². The van der Waals surface area contributed by atoms with Crippen LogP contribution in [0.5, 0.6) is 5.75 Å². The number of rotatable bonds is 4. The zero-order valence-corrected chi connectivity index (χ0v) is 11.3. The van der Waals surface area contributed by atoms with Crippen molar-refractivity contribution in [1.29, 1.82) is 0 Å². The molecule has 2 aromatic rings. The number of nitro benzene ring substituents is 1. The van der Waals surface area contributed by atoms with E-state index < -0.39 is 22.1 Å². The average molecular weight is 283 g/mol. The highest BCUT2D eigenvalue weighted by Crippen LogP contribution is 2.29. The minimum absolute atomic E-state index is 0.0889. The molecule has 0 fully saturated rings. The van der Waals surface area contributed by atoms with Gasteiger partial charge in [0.2, 0.25) is 5.75 Å². The van der Waals surface area contributed by atoms with E-state index >= 15 is 0 Å². The number of carbonyl (C=O) groups is 1. The van der Waals surface area contributed by atoms with E-state index in [1.807, 2.05) is 31.2 Å². The van der Waals surface area contributed by atoms with Crippen molar-refractivity contribution in [3.8, 4) is 5.75 Å². The molecule has 2 rings (SSSR count). The molecule has 5 nitrogen and oxygen atoms in total. The molecule has 0 unspecified atom stereocenters. The van der Waals surface area contributed by atoms with E-state index in [4.69, 9.17) is 0 Å². The van der Waals surface area contributed by atoms with Crippen molar-refractivity contribution in [2.75, 3.05) is 0 Å². The number of nitro groups is 1. The third-order valence-electron chi connectivity index (χ3n) is 3.08. The van der Waals surface area contributed by atoms with Crippen LogP contribution in [0.3, 0.4) is 0 Å². The van der Waals surface area contributed by atoms with Crippen LogP contribution in [-0.4, -0.2) is 15.8 Å². The fourth-order valence-electron chi connectivity index (χ4n) is 1.91. The van der Waals surface area contributed by atoms with Gasteiger partial charge in [-0.1, -0.05) is 36.4 Å². The molecule has 0 aliphatic carbocycles. The van der Waals surface area contributed by atoms with Crippen molar-refractivity contribution in [2.24, 2.45) is 0 Å². The maximum atomic E-state index is 12.1. The lowest BCUT2D eigenvalue weighted by molar-refractivity contribution is -0.385. The predicted molar refractivity (Wildman–Crippen MR) is 79.3 cm³/mol. The van der Waals surface area contributed by atoms with Crippen LogP contribution in [0.15, 0.2) is 48.5 Å². The fourth-order valence-corrected chi connectivity index (χ4v) is 1.91. The lowest BCUT2D eigenvalue weighted by Crippen LogP contribution is -1.98. The molecule has 0 radical (unpaired) electrons. The molecule has 0 heterocycles. The van der Waals surface area contributed by atoms with E-state index in [1.54, 1.807) is 6.08 Å². The molecule has 5 heteroatoms. The molecule has 0 amide bonds.